The normalized spacial score (nSPS) is 15.7. The number of rotatable bonds is 3. The Morgan fingerprint density at radius 2 is 1.96 bits per heavy atom. The third kappa shape index (κ3) is 3.48. The van der Waals surface area contributed by atoms with Crippen LogP contribution in [0.5, 0.6) is 0 Å². The monoisotopic (exact) mass is 379 g/mol. The first-order chi connectivity index (χ1) is 12.7. The van der Waals surface area contributed by atoms with Gasteiger partial charge in [0, 0.05) is 26.8 Å². The summed E-state index contributed by atoms with van der Waals surface area (Å²) >= 11 is 1.73. The number of aryl methyl sites for hydroxylation is 1. The molecule has 1 saturated carbocycles. The van der Waals surface area contributed by atoms with E-state index in [1.807, 2.05) is 24.4 Å². The topological polar surface area (TPSA) is 54.9 Å². The molecule has 1 aromatic carbocycles. The number of hydrogen-bond acceptors (Lipinski definition) is 4. The molecule has 1 amide bonds. The number of carbonyl (C=O) groups excluding carboxylic acids is 1. The highest BCUT2D eigenvalue weighted by atomic mass is 32.1. The number of amides is 1. The summed E-state index contributed by atoms with van der Waals surface area (Å²) in [5.41, 5.74) is 3.92. The van der Waals surface area contributed by atoms with Crippen LogP contribution >= 0.6 is 11.3 Å². The summed E-state index contributed by atoms with van der Waals surface area (Å²) in [4.78, 5) is 13.8. The molecule has 3 aromatic rings. The first-order valence-electron chi connectivity index (χ1n) is 9.36. The highest BCUT2D eigenvalue weighted by Crippen LogP contribution is 2.39. The van der Waals surface area contributed by atoms with Crippen molar-refractivity contribution in [1.29, 1.82) is 0 Å². The van der Waals surface area contributed by atoms with E-state index in [1.165, 1.54) is 4.70 Å². The lowest BCUT2D eigenvalue weighted by atomic mass is 9.91. The van der Waals surface area contributed by atoms with Crippen LogP contribution in [0.3, 0.4) is 0 Å². The summed E-state index contributed by atoms with van der Waals surface area (Å²) in [7, 11) is 0. The number of thiophene rings is 1. The summed E-state index contributed by atoms with van der Waals surface area (Å²) < 4.78 is 1.17. The molecule has 1 fully saturated rings. The summed E-state index contributed by atoms with van der Waals surface area (Å²) in [6, 6.07) is 8.12. The molecule has 1 N–H and O–H groups in total. The van der Waals surface area contributed by atoms with Gasteiger partial charge in [-0.2, -0.15) is 10.2 Å². The minimum atomic E-state index is -0.0644. The maximum Gasteiger partial charge on any atom is 0.251 e. The van der Waals surface area contributed by atoms with Crippen molar-refractivity contribution in [2.45, 2.75) is 58.4 Å². The molecular weight excluding hydrogens is 354 g/mol. The molecule has 0 atom stereocenters. The second kappa shape index (κ2) is 6.13. The number of aromatic nitrogens is 2. The van der Waals surface area contributed by atoms with E-state index in [9.17, 15) is 4.79 Å². The lowest BCUT2D eigenvalue weighted by Gasteiger charge is -2.17. The molecule has 0 bridgehead atoms. The van der Waals surface area contributed by atoms with E-state index < -0.39 is 0 Å². The van der Waals surface area contributed by atoms with Gasteiger partial charge in [0.05, 0.1) is 16.6 Å². The largest absolute Gasteiger partial charge is 0.347 e. The molecule has 1 aliphatic rings. The van der Waals surface area contributed by atoms with Crippen molar-refractivity contribution in [2.24, 2.45) is 0 Å². The van der Waals surface area contributed by atoms with E-state index in [-0.39, 0.29) is 16.9 Å². The molecule has 27 heavy (non-hydrogen) atoms. The van der Waals surface area contributed by atoms with Crippen molar-refractivity contribution in [3.63, 3.8) is 0 Å². The Labute approximate surface area is 164 Å². The van der Waals surface area contributed by atoms with E-state index in [0.29, 0.717) is 5.56 Å². The lowest BCUT2D eigenvalue weighted by Crippen LogP contribution is -2.34. The van der Waals surface area contributed by atoms with E-state index >= 15 is 0 Å². The summed E-state index contributed by atoms with van der Waals surface area (Å²) in [6.07, 6.45) is 3.94. The van der Waals surface area contributed by atoms with Crippen LogP contribution in [0.4, 0.5) is 0 Å². The Morgan fingerprint density at radius 3 is 2.63 bits per heavy atom. The maximum atomic E-state index is 12.6. The smallest absolute Gasteiger partial charge is 0.251 e. The molecule has 0 radical (unpaired) electrons. The number of nitrogens with one attached hydrogen (secondary N) is 1. The predicted molar refractivity (Wildman–Crippen MR) is 111 cm³/mol. The second-order valence-electron chi connectivity index (χ2n) is 8.88. The molecule has 4 nitrogen and oxygen atoms in total. The van der Waals surface area contributed by atoms with Crippen LogP contribution in [0.1, 0.15) is 62.2 Å². The van der Waals surface area contributed by atoms with Crippen molar-refractivity contribution < 1.29 is 4.79 Å². The van der Waals surface area contributed by atoms with E-state index in [4.69, 9.17) is 0 Å². The van der Waals surface area contributed by atoms with Gasteiger partial charge in [-0.15, -0.1) is 11.3 Å². The Morgan fingerprint density at radius 1 is 1.22 bits per heavy atom. The molecule has 0 unspecified atom stereocenters. The molecule has 5 heteroatoms. The fourth-order valence-electron chi connectivity index (χ4n) is 3.19. The minimum Gasteiger partial charge on any atom is -0.347 e. The van der Waals surface area contributed by atoms with Gasteiger partial charge in [-0.3, -0.25) is 4.79 Å². The molecule has 0 spiro atoms. The summed E-state index contributed by atoms with van der Waals surface area (Å²) in [5.74, 6) is 0.0103. The van der Waals surface area contributed by atoms with E-state index in [2.05, 4.69) is 56.2 Å². The SMILES string of the molecule is Cc1ccc(C(=O)NC2(C)CC2)cc1-c1cc2cnnc(C(C)(C)C)c2s1. The fourth-order valence-corrected chi connectivity index (χ4v) is 4.60. The van der Waals surface area contributed by atoms with Crippen molar-refractivity contribution >= 4 is 27.3 Å². The molecule has 140 valence electrons. The Bertz CT molecular complexity index is 1040. The van der Waals surface area contributed by atoms with Crippen molar-refractivity contribution in [1.82, 2.24) is 15.5 Å². The highest BCUT2D eigenvalue weighted by Gasteiger charge is 2.38. The standard InChI is InChI=1S/C22H25N3OS/c1-13-6-7-14(20(26)24-22(5)8-9-22)10-16(13)17-11-15-12-23-25-19(18(15)27-17)21(2,3)4/h6-7,10-12H,8-9H2,1-5H3,(H,24,26). The van der Waals surface area contributed by atoms with Gasteiger partial charge >= 0.3 is 0 Å². The van der Waals surface area contributed by atoms with Gasteiger partial charge in [0.1, 0.15) is 0 Å². The van der Waals surface area contributed by atoms with Gasteiger partial charge in [-0.05, 0) is 56.0 Å². The quantitative estimate of drug-likeness (QED) is 0.676. The zero-order chi connectivity index (χ0) is 19.4. The predicted octanol–water partition coefficient (Wildman–Crippen LogP) is 5.25. The maximum absolute atomic E-state index is 12.6. The van der Waals surface area contributed by atoms with Crippen LogP contribution in [-0.4, -0.2) is 21.6 Å². The average molecular weight is 380 g/mol. The number of carbonyl (C=O) groups is 1. The van der Waals surface area contributed by atoms with E-state index in [1.54, 1.807) is 11.3 Å². The second-order valence-corrected chi connectivity index (χ2v) is 9.93. The number of hydrogen-bond donors (Lipinski definition) is 1. The van der Waals surface area contributed by atoms with Crippen LogP contribution in [0.2, 0.25) is 0 Å². The lowest BCUT2D eigenvalue weighted by molar-refractivity contribution is 0.0935. The Kier molecular flexibility index (Phi) is 4.11. The summed E-state index contributed by atoms with van der Waals surface area (Å²) in [5, 5.41) is 12.8. The molecule has 2 aromatic heterocycles. The van der Waals surface area contributed by atoms with Gasteiger partial charge in [0.15, 0.2) is 0 Å². The fraction of sp³-hybridized carbons (Fsp3) is 0.409. The van der Waals surface area contributed by atoms with Crippen molar-refractivity contribution in [2.75, 3.05) is 0 Å². The van der Waals surface area contributed by atoms with Gasteiger partial charge in [0.2, 0.25) is 0 Å². The third-order valence-electron chi connectivity index (χ3n) is 5.22. The van der Waals surface area contributed by atoms with Crippen LogP contribution in [0.15, 0.2) is 30.5 Å². The van der Waals surface area contributed by atoms with Gasteiger partial charge in [-0.1, -0.05) is 26.8 Å². The van der Waals surface area contributed by atoms with Crippen LogP contribution < -0.4 is 5.32 Å². The zero-order valence-electron chi connectivity index (χ0n) is 16.5. The summed E-state index contributed by atoms with van der Waals surface area (Å²) in [6.45, 7) is 10.7. The van der Waals surface area contributed by atoms with Gasteiger partial charge in [0.25, 0.3) is 5.91 Å². The van der Waals surface area contributed by atoms with E-state index in [0.717, 1.165) is 39.9 Å². The number of benzene rings is 1. The molecule has 1 aliphatic carbocycles. The van der Waals surface area contributed by atoms with Crippen molar-refractivity contribution in [3.8, 4) is 10.4 Å². The Hall–Kier alpha value is -2.27. The molecule has 2 heterocycles. The Balaban J connectivity index is 1.77. The molecule has 0 saturated heterocycles. The van der Waals surface area contributed by atoms with Crippen LogP contribution in [0.25, 0.3) is 20.5 Å². The van der Waals surface area contributed by atoms with Crippen LogP contribution in [0, 0.1) is 6.92 Å². The molecular formula is C22H25N3OS. The number of nitrogens with zero attached hydrogens (tertiary/aromatic N) is 2. The zero-order valence-corrected chi connectivity index (χ0v) is 17.3. The van der Waals surface area contributed by atoms with Gasteiger partial charge < -0.3 is 5.32 Å². The molecule has 4 rings (SSSR count). The van der Waals surface area contributed by atoms with Crippen molar-refractivity contribution in [3.05, 3.63) is 47.3 Å². The first kappa shape index (κ1) is 18.1. The average Bonchev–Trinajstić information content (AvgIpc) is 3.16. The molecule has 0 aliphatic heterocycles. The number of fused-ring (bicyclic) bond motifs is 1. The van der Waals surface area contributed by atoms with Gasteiger partial charge in [-0.25, -0.2) is 0 Å². The first-order valence-corrected chi connectivity index (χ1v) is 10.2. The highest BCUT2D eigenvalue weighted by molar-refractivity contribution is 7.22. The van der Waals surface area contributed by atoms with Crippen LogP contribution in [-0.2, 0) is 5.41 Å². The third-order valence-corrected chi connectivity index (χ3v) is 6.41. The minimum absolute atomic E-state index is 0.0103.